The standard InChI is InChI=1S/C16H9ClF3N5S/c17-12-5-4-9(16(18,19)20)7-11(12)14-24-25-13(22-23-15(25)26-14)8-10-3-1-2-6-21-10/h1-7H,8H2. The molecule has 0 N–H and O–H groups in total. The molecule has 0 unspecified atom stereocenters. The van der Waals surface area contributed by atoms with Crippen molar-refractivity contribution in [3.63, 3.8) is 0 Å². The molecule has 0 spiro atoms. The summed E-state index contributed by atoms with van der Waals surface area (Å²) >= 11 is 7.21. The number of pyridine rings is 1. The summed E-state index contributed by atoms with van der Waals surface area (Å²) in [5, 5.41) is 13.0. The zero-order valence-electron chi connectivity index (χ0n) is 12.9. The predicted octanol–water partition coefficient (Wildman–Crippen LogP) is 4.51. The van der Waals surface area contributed by atoms with Crippen molar-refractivity contribution < 1.29 is 13.2 Å². The maximum absolute atomic E-state index is 13.0. The van der Waals surface area contributed by atoms with E-state index in [2.05, 4.69) is 20.3 Å². The number of fused-ring (bicyclic) bond motifs is 1. The molecule has 0 bridgehead atoms. The van der Waals surface area contributed by atoms with E-state index in [1.807, 2.05) is 12.1 Å². The van der Waals surface area contributed by atoms with E-state index < -0.39 is 11.7 Å². The summed E-state index contributed by atoms with van der Waals surface area (Å²) in [6.07, 6.45) is -2.38. The Kier molecular flexibility index (Phi) is 4.12. The molecule has 0 saturated carbocycles. The normalized spacial score (nSPS) is 12.0. The van der Waals surface area contributed by atoms with Crippen LogP contribution in [0.2, 0.25) is 5.02 Å². The van der Waals surface area contributed by atoms with Gasteiger partial charge in [-0.25, -0.2) is 0 Å². The zero-order valence-corrected chi connectivity index (χ0v) is 14.5. The van der Waals surface area contributed by atoms with Crippen LogP contribution in [0, 0.1) is 0 Å². The average Bonchev–Trinajstić information content (AvgIpc) is 3.17. The molecule has 0 radical (unpaired) electrons. The van der Waals surface area contributed by atoms with Crippen LogP contribution in [0.15, 0.2) is 42.6 Å². The summed E-state index contributed by atoms with van der Waals surface area (Å²) in [7, 11) is 0. The molecule has 26 heavy (non-hydrogen) atoms. The molecule has 0 aliphatic heterocycles. The van der Waals surface area contributed by atoms with Gasteiger partial charge in [0.2, 0.25) is 4.96 Å². The van der Waals surface area contributed by atoms with Crippen molar-refractivity contribution in [3.8, 4) is 10.6 Å². The molecule has 0 atom stereocenters. The Bertz CT molecular complexity index is 1070. The lowest BCUT2D eigenvalue weighted by Crippen LogP contribution is -2.05. The topological polar surface area (TPSA) is 56.0 Å². The van der Waals surface area contributed by atoms with Crippen LogP contribution in [-0.4, -0.2) is 24.8 Å². The highest BCUT2D eigenvalue weighted by Gasteiger charge is 2.31. The van der Waals surface area contributed by atoms with Crippen molar-refractivity contribution in [1.29, 1.82) is 0 Å². The SMILES string of the molecule is FC(F)(F)c1ccc(Cl)c(-c2nn3c(Cc4ccccn4)nnc3s2)c1. The second kappa shape index (κ2) is 6.33. The number of nitrogens with zero attached hydrogens (tertiary/aromatic N) is 5. The largest absolute Gasteiger partial charge is 0.416 e. The molecule has 4 aromatic rings. The minimum absolute atomic E-state index is 0.189. The van der Waals surface area contributed by atoms with Crippen LogP contribution < -0.4 is 0 Å². The number of alkyl halides is 3. The Morgan fingerprint density at radius 1 is 1.12 bits per heavy atom. The molecule has 0 amide bonds. The smallest absolute Gasteiger partial charge is 0.261 e. The third-order valence-electron chi connectivity index (χ3n) is 3.64. The van der Waals surface area contributed by atoms with Gasteiger partial charge in [-0.1, -0.05) is 29.0 Å². The zero-order chi connectivity index (χ0) is 18.3. The lowest BCUT2D eigenvalue weighted by Gasteiger charge is -2.08. The molecule has 5 nitrogen and oxygen atoms in total. The first-order valence-corrected chi connectivity index (χ1v) is 8.59. The summed E-state index contributed by atoms with van der Waals surface area (Å²) in [6, 6.07) is 8.66. The number of rotatable bonds is 3. The van der Waals surface area contributed by atoms with Gasteiger partial charge >= 0.3 is 6.18 Å². The van der Waals surface area contributed by atoms with E-state index in [1.54, 1.807) is 12.3 Å². The van der Waals surface area contributed by atoms with Gasteiger partial charge in [-0.2, -0.15) is 22.8 Å². The minimum atomic E-state index is -4.46. The second-order valence-corrected chi connectivity index (χ2v) is 6.77. The first-order chi connectivity index (χ1) is 12.4. The summed E-state index contributed by atoms with van der Waals surface area (Å²) in [5.74, 6) is 0.546. The molecular formula is C16H9ClF3N5S. The highest BCUT2D eigenvalue weighted by molar-refractivity contribution is 7.19. The van der Waals surface area contributed by atoms with Crippen LogP contribution in [0.4, 0.5) is 13.2 Å². The molecule has 0 fully saturated rings. The van der Waals surface area contributed by atoms with Gasteiger partial charge in [0.25, 0.3) is 0 Å². The highest BCUT2D eigenvalue weighted by atomic mass is 35.5. The number of hydrogen-bond acceptors (Lipinski definition) is 5. The Balaban J connectivity index is 1.75. The van der Waals surface area contributed by atoms with Crippen LogP contribution >= 0.6 is 22.9 Å². The first-order valence-electron chi connectivity index (χ1n) is 7.40. The van der Waals surface area contributed by atoms with E-state index in [1.165, 1.54) is 10.6 Å². The third kappa shape index (κ3) is 3.15. The van der Waals surface area contributed by atoms with Crippen molar-refractivity contribution >= 4 is 27.9 Å². The van der Waals surface area contributed by atoms with Gasteiger partial charge < -0.3 is 0 Å². The Labute approximate surface area is 154 Å². The van der Waals surface area contributed by atoms with Crippen molar-refractivity contribution in [2.45, 2.75) is 12.6 Å². The quantitative estimate of drug-likeness (QED) is 0.512. The Morgan fingerprint density at radius 3 is 2.69 bits per heavy atom. The molecule has 10 heteroatoms. The fourth-order valence-electron chi connectivity index (χ4n) is 2.41. The third-order valence-corrected chi connectivity index (χ3v) is 4.91. The highest BCUT2D eigenvalue weighted by Crippen LogP contribution is 2.37. The lowest BCUT2D eigenvalue weighted by molar-refractivity contribution is -0.137. The van der Waals surface area contributed by atoms with Crippen LogP contribution in [0.3, 0.4) is 0 Å². The van der Waals surface area contributed by atoms with Gasteiger partial charge in [0.1, 0.15) is 5.01 Å². The average molecular weight is 396 g/mol. The van der Waals surface area contributed by atoms with Gasteiger partial charge in [-0.05, 0) is 30.3 Å². The van der Waals surface area contributed by atoms with Crippen molar-refractivity contribution in [1.82, 2.24) is 24.8 Å². The van der Waals surface area contributed by atoms with Crippen LogP contribution in [0.25, 0.3) is 15.5 Å². The molecule has 0 aliphatic rings. The van der Waals surface area contributed by atoms with Crippen molar-refractivity contribution in [2.75, 3.05) is 0 Å². The van der Waals surface area contributed by atoms with E-state index in [-0.39, 0.29) is 10.6 Å². The van der Waals surface area contributed by atoms with E-state index in [4.69, 9.17) is 11.6 Å². The molecule has 0 aliphatic carbocycles. The van der Waals surface area contributed by atoms with Gasteiger partial charge in [0, 0.05) is 17.5 Å². The molecule has 0 saturated heterocycles. The second-order valence-electron chi connectivity index (χ2n) is 5.41. The summed E-state index contributed by atoms with van der Waals surface area (Å²) in [4.78, 5) is 4.70. The molecular weight excluding hydrogens is 387 g/mol. The fourth-order valence-corrected chi connectivity index (χ4v) is 3.56. The first kappa shape index (κ1) is 16.9. The summed E-state index contributed by atoms with van der Waals surface area (Å²) in [6.45, 7) is 0. The number of aromatic nitrogens is 5. The number of halogens is 4. The molecule has 132 valence electrons. The van der Waals surface area contributed by atoms with Crippen molar-refractivity contribution in [2.24, 2.45) is 0 Å². The van der Waals surface area contributed by atoms with Gasteiger partial charge in [-0.15, -0.1) is 10.2 Å². The minimum Gasteiger partial charge on any atom is -0.261 e. The van der Waals surface area contributed by atoms with Gasteiger partial charge in [0.05, 0.1) is 17.0 Å². The monoisotopic (exact) mass is 395 g/mol. The maximum atomic E-state index is 13.0. The van der Waals surface area contributed by atoms with Gasteiger partial charge in [0.15, 0.2) is 5.82 Å². The molecule has 3 heterocycles. The summed E-state index contributed by atoms with van der Waals surface area (Å²) < 4.78 is 40.4. The van der Waals surface area contributed by atoms with Crippen LogP contribution in [0.5, 0.6) is 0 Å². The van der Waals surface area contributed by atoms with Gasteiger partial charge in [-0.3, -0.25) is 4.98 Å². The Morgan fingerprint density at radius 2 is 1.96 bits per heavy atom. The predicted molar refractivity (Wildman–Crippen MR) is 91.2 cm³/mol. The van der Waals surface area contributed by atoms with Crippen LogP contribution in [0.1, 0.15) is 17.1 Å². The number of hydrogen-bond donors (Lipinski definition) is 0. The molecule has 3 aromatic heterocycles. The van der Waals surface area contributed by atoms with E-state index in [0.717, 1.165) is 29.2 Å². The van der Waals surface area contributed by atoms with Crippen molar-refractivity contribution in [3.05, 3.63) is 64.7 Å². The molecule has 1 aromatic carbocycles. The van der Waals surface area contributed by atoms with E-state index >= 15 is 0 Å². The molecule has 4 rings (SSSR count). The lowest BCUT2D eigenvalue weighted by atomic mass is 10.1. The van der Waals surface area contributed by atoms with E-state index in [0.29, 0.717) is 22.2 Å². The fraction of sp³-hybridized carbons (Fsp3) is 0.125. The maximum Gasteiger partial charge on any atom is 0.416 e. The van der Waals surface area contributed by atoms with Crippen LogP contribution in [-0.2, 0) is 12.6 Å². The summed E-state index contributed by atoms with van der Waals surface area (Å²) in [5.41, 5.74) is 0.214. The number of benzene rings is 1. The van der Waals surface area contributed by atoms with E-state index in [9.17, 15) is 13.2 Å². The Hall–Kier alpha value is -2.52.